The number of aliphatic imine (C=N–C) groups is 1. The van der Waals surface area contributed by atoms with Gasteiger partial charge in [-0.05, 0) is 62.4 Å². The van der Waals surface area contributed by atoms with Gasteiger partial charge in [-0.25, -0.2) is 4.99 Å². The molecule has 142 valence electrons. The predicted molar refractivity (Wildman–Crippen MR) is 113 cm³/mol. The second-order valence-corrected chi connectivity index (χ2v) is 6.26. The van der Waals surface area contributed by atoms with Crippen molar-refractivity contribution in [1.29, 1.82) is 0 Å². The quantitative estimate of drug-likeness (QED) is 0.298. The van der Waals surface area contributed by atoms with Crippen LogP contribution < -0.4 is 14.2 Å². The molecule has 3 aromatic rings. The van der Waals surface area contributed by atoms with Crippen molar-refractivity contribution in [2.75, 3.05) is 7.11 Å². The van der Waals surface area contributed by atoms with E-state index in [1.165, 1.54) is 5.56 Å². The van der Waals surface area contributed by atoms with Crippen molar-refractivity contribution < 1.29 is 14.2 Å². The van der Waals surface area contributed by atoms with Crippen molar-refractivity contribution >= 4 is 11.6 Å². The lowest BCUT2D eigenvalue weighted by Crippen LogP contribution is -2.11. The highest BCUT2D eigenvalue weighted by molar-refractivity contribution is 5.96. The number of hydrogen-bond donors (Lipinski definition) is 0. The van der Waals surface area contributed by atoms with E-state index in [1.807, 2.05) is 92.7 Å². The van der Waals surface area contributed by atoms with Crippen LogP contribution in [0.1, 0.15) is 12.5 Å². The van der Waals surface area contributed by atoms with Gasteiger partial charge in [-0.1, -0.05) is 35.9 Å². The third-order valence-corrected chi connectivity index (χ3v) is 3.99. The molecule has 3 rings (SSSR count). The number of aryl methyl sites for hydroxylation is 1. The number of rotatable bonds is 6. The molecule has 0 radical (unpaired) electrons. The molecule has 0 spiro atoms. The van der Waals surface area contributed by atoms with Crippen molar-refractivity contribution in [3.05, 3.63) is 96.3 Å². The highest BCUT2D eigenvalue weighted by Crippen LogP contribution is 2.20. The highest BCUT2D eigenvalue weighted by Gasteiger charge is 2.08. The summed E-state index contributed by atoms with van der Waals surface area (Å²) in [6, 6.07) is 24.9. The Bertz CT molecular complexity index is 943. The van der Waals surface area contributed by atoms with E-state index in [0.717, 1.165) is 22.8 Å². The summed E-state index contributed by atoms with van der Waals surface area (Å²) in [5.41, 5.74) is 2.74. The Balaban J connectivity index is 1.83. The molecular weight excluding hydrogens is 350 g/mol. The van der Waals surface area contributed by atoms with Crippen LogP contribution in [0.15, 0.2) is 95.7 Å². The van der Waals surface area contributed by atoms with Gasteiger partial charge in [-0.15, -0.1) is 0 Å². The third kappa shape index (κ3) is 5.48. The van der Waals surface area contributed by atoms with E-state index in [0.29, 0.717) is 11.6 Å². The van der Waals surface area contributed by atoms with Crippen LogP contribution in [0.5, 0.6) is 17.2 Å². The van der Waals surface area contributed by atoms with E-state index < -0.39 is 0 Å². The fraction of sp³-hybridized carbons (Fsp3) is 0.125. The molecule has 3 aromatic carbocycles. The maximum atomic E-state index is 6.04. The molecular formula is C24H23NO3. The first-order valence-corrected chi connectivity index (χ1v) is 9.00. The van der Waals surface area contributed by atoms with Crippen molar-refractivity contribution in [1.82, 2.24) is 0 Å². The molecule has 0 fully saturated rings. The molecule has 0 aliphatic carbocycles. The molecule has 0 heterocycles. The average Bonchev–Trinajstić information content (AvgIpc) is 2.74. The molecule has 4 nitrogen and oxygen atoms in total. The van der Waals surface area contributed by atoms with Crippen LogP contribution in [0.4, 0.5) is 5.69 Å². The standard InChI is InChI=1S/C24H23NO3/c1-18-9-11-23(12-10-18)28-24(25-20-7-5-4-6-8-20)19(2)17-27-22-15-13-21(26-3)14-16-22/h4-17H,1-3H3. The van der Waals surface area contributed by atoms with Gasteiger partial charge in [0.25, 0.3) is 0 Å². The number of ether oxygens (including phenoxy) is 3. The van der Waals surface area contributed by atoms with Crippen LogP contribution in [-0.4, -0.2) is 13.0 Å². The van der Waals surface area contributed by atoms with Gasteiger partial charge in [0.05, 0.1) is 19.1 Å². The summed E-state index contributed by atoms with van der Waals surface area (Å²) in [5.74, 6) is 2.68. The lowest BCUT2D eigenvalue weighted by atomic mass is 10.2. The first-order chi connectivity index (χ1) is 13.6. The van der Waals surface area contributed by atoms with Crippen molar-refractivity contribution in [3.8, 4) is 17.2 Å². The molecule has 0 saturated heterocycles. The minimum Gasteiger partial charge on any atom is -0.497 e. The molecule has 0 aliphatic rings. The van der Waals surface area contributed by atoms with Gasteiger partial charge in [0, 0.05) is 5.57 Å². The molecule has 28 heavy (non-hydrogen) atoms. The Kier molecular flexibility index (Phi) is 6.47. The normalized spacial score (nSPS) is 11.8. The predicted octanol–water partition coefficient (Wildman–Crippen LogP) is 6.10. The van der Waals surface area contributed by atoms with Crippen LogP contribution in [0.25, 0.3) is 0 Å². The number of hydrogen-bond acceptors (Lipinski definition) is 4. The maximum Gasteiger partial charge on any atom is 0.225 e. The molecule has 0 aromatic heterocycles. The molecule has 0 amide bonds. The van der Waals surface area contributed by atoms with E-state index in [-0.39, 0.29) is 0 Å². The number of nitrogens with zero attached hydrogens (tertiary/aromatic N) is 1. The van der Waals surface area contributed by atoms with E-state index in [9.17, 15) is 0 Å². The minimum absolute atomic E-state index is 0.476. The SMILES string of the molecule is COc1ccc(OC=C(C)C(=Nc2ccccc2)Oc2ccc(C)cc2)cc1. The zero-order valence-electron chi connectivity index (χ0n) is 16.3. The largest absolute Gasteiger partial charge is 0.497 e. The zero-order chi connectivity index (χ0) is 19.8. The van der Waals surface area contributed by atoms with Gasteiger partial charge in [0.15, 0.2) is 0 Å². The third-order valence-electron chi connectivity index (χ3n) is 3.99. The fourth-order valence-corrected chi connectivity index (χ4v) is 2.39. The second-order valence-electron chi connectivity index (χ2n) is 6.26. The Morgan fingerprint density at radius 2 is 1.39 bits per heavy atom. The molecule has 4 heteroatoms. The van der Waals surface area contributed by atoms with Crippen LogP contribution in [0.3, 0.4) is 0 Å². The maximum absolute atomic E-state index is 6.04. The van der Waals surface area contributed by atoms with Gasteiger partial charge in [-0.3, -0.25) is 0 Å². The molecule has 0 saturated carbocycles. The minimum atomic E-state index is 0.476. The Labute approximate surface area is 165 Å². The summed E-state index contributed by atoms with van der Waals surface area (Å²) < 4.78 is 17.0. The summed E-state index contributed by atoms with van der Waals surface area (Å²) >= 11 is 0. The van der Waals surface area contributed by atoms with Crippen molar-refractivity contribution in [3.63, 3.8) is 0 Å². The molecule has 0 atom stereocenters. The van der Waals surface area contributed by atoms with Gasteiger partial charge < -0.3 is 14.2 Å². The van der Waals surface area contributed by atoms with E-state index >= 15 is 0 Å². The lowest BCUT2D eigenvalue weighted by Gasteiger charge is -2.11. The van der Waals surface area contributed by atoms with Gasteiger partial charge >= 0.3 is 0 Å². The first kappa shape index (κ1) is 19.2. The number of methoxy groups -OCH3 is 1. The smallest absolute Gasteiger partial charge is 0.225 e. The molecule has 0 N–H and O–H groups in total. The Morgan fingerprint density at radius 3 is 2.04 bits per heavy atom. The van der Waals surface area contributed by atoms with Crippen molar-refractivity contribution in [2.45, 2.75) is 13.8 Å². The lowest BCUT2D eigenvalue weighted by molar-refractivity contribution is 0.412. The van der Waals surface area contributed by atoms with E-state index in [4.69, 9.17) is 14.2 Å². The van der Waals surface area contributed by atoms with E-state index in [2.05, 4.69) is 4.99 Å². The monoisotopic (exact) mass is 373 g/mol. The van der Waals surface area contributed by atoms with Crippen LogP contribution in [0.2, 0.25) is 0 Å². The van der Waals surface area contributed by atoms with Gasteiger partial charge in [0.2, 0.25) is 5.90 Å². The Hall–Kier alpha value is -3.53. The first-order valence-electron chi connectivity index (χ1n) is 9.00. The van der Waals surface area contributed by atoms with Crippen LogP contribution in [0, 0.1) is 6.92 Å². The fourth-order valence-electron chi connectivity index (χ4n) is 2.39. The Morgan fingerprint density at radius 1 is 0.786 bits per heavy atom. The summed E-state index contributed by atoms with van der Waals surface area (Å²) in [4.78, 5) is 4.64. The summed E-state index contributed by atoms with van der Waals surface area (Å²) in [6.07, 6.45) is 1.64. The molecule has 0 bridgehead atoms. The number of para-hydroxylation sites is 1. The number of benzene rings is 3. The summed E-state index contributed by atoms with van der Waals surface area (Å²) in [6.45, 7) is 3.94. The average molecular weight is 373 g/mol. The van der Waals surface area contributed by atoms with E-state index in [1.54, 1.807) is 13.4 Å². The highest BCUT2D eigenvalue weighted by atomic mass is 16.5. The van der Waals surface area contributed by atoms with Crippen LogP contribution in [-0.2, 0) is 0 Å². The van der Waals surface area contributed by atoms with Crippen molar-refractivity contribution in [2.24, 2.45) is 4.99 Å². The van der Waals surface area contributed by atoms with Gasteiger partial charge in [-0.2, -0.15) is 0 Å². The zero-order valence-corrected chi connectivity index (χ0v) is 16.3. The van der Waals surface area contributed by atoms with Crippen LogP contribution >= 0.6 is 0 Å². The molecule has 0 unspecified atom stereocenters. The topological polar surface area (TPSA) is 40.0 Å². The second kappa shape index (κ2) is 9.42. The van der Waals surface area contributed by atoms with Gasteiger partial charge in [0.1, 0.15) is 17.2 Å². The molecule has 0 aliphatic heterocycles. The summed E-state index contributed by atoms with van der Waals surface area (Å²) in [5, 5.41) is 0. The summed E-state index contributed by atoms with van der Waals surface area (Å²) in [7, 11) is 1.63.